The highest BCUT2D eigenvalue weighted by Gasteiger charge is 2.11. The second-order valence-electron chi connectivity index (χ2n) is 3.86. The van der Waals surface area contributed by atoms with Crippen molar-refractivity contribution >= 4 is 38.7 Å². The monoisotopic (exact) mass is 263 g/mol. The SMILES string of the molecule is Cn1ncc(N)c1-c1cc2ccc(Cl)cc2s1. The minimum absolute atomic E-state index is 0.699. The third-order valence-electron chi connectivity index (χ3n) is 2.68. The first-order chi connectivity index (χ1) is 8.15. The van der Waals surface area contributed by atoms with Crippen molar-refractivity contribution in [3.8, 4) is 10.6 Å². The van der Waals surface area contributed by atoms with Gasteiger partial charge in [0.15, 0.2) is 0 Å². The molecule has 0 amide bonds. The lowest BCUT2D eigenvalue weighted by Gasteiger charge is -1.98. The summed E-state index contributed by atoms with van der Waals surface area (Å²) in [5.74, 6) is 0. The van der Waals surface area contributed by atoms with E-state index in [4.69, 9.17) is 17.3 Å². The van der Waals surface area contributed by atoms with Crippen molar-refractivity contribution in [2.24, 2.45) is 7.05 Å². The summed E-state index contributed by atoms with van der Waals surface area (Å²) >= 11 is 7.65. The van der Waals surface area contributed by atoms with Gasteiger partial charge in [-0.25, -0.2) is 0 Å². The zero-order valence-corrected chi connectivity index (χ0v) is 10.7. The highest BCUT2D eigenvalue weighted by molar-refractivity contribution is 7.22. The van der Waals surface area contributed by atoms with Crippen LogP contribution in [0.3, 0.4) is 0 Å². The van der Waals surface area contributed by atoms with E-state index in [1.165, 1.54) is 5.39 Å². The predicted octanol–water partition coefficient (Wildman–Crippen LogP) is 3.54. The maximum absolute atomic E-state index is 5.98. The Labute approximate surface area is 107 Å². The van der Waals surface area contributed by atoms with Crippen LogP contribution in [0.2, 0.25) is 5.02 Å². The van der Waals surface area contributed by atoms with Gasteiger partial charge < -0.3 is 5.73 Å². The van der Waals surface area contributed by atoms with E-state index in [0.717, 1.165) is 20.3 Å². The molecule has 0 aliphatic heterocycles. The molecular weight excluding hydrogens is 254 g/mol. The number of rotatable bonds is 1. The first-order valence-electron chi connectivity index (χ1n) is 5.12. The Bertz CT molecular complexity index is 679. The minimum atomic E-state index is 0.699. The lowest BCUT2D eigenvalue weighted by molar-refractivity contribution is 0.777. The van der Waals surface area contributed by atoms with Gasteiger partial charge in [0.1, 0.15) is 5.69 Å². The van der Waals surface area contributed by atoms with Gasteiger partial charge in [0.05, 0.1) is 16.8 Å². The molecule has 2 N–H and O–H groups in total. The van der Waals surface area contributed by atoms with Crippen molar-refractivity contribution in [1.82, 2.24) is 9.78 Å². The number of hydrogen-bond donors (Lipinski definition) is 1. The Hall–Kier alpha value is -1.52. The molecule has 0 saturated heterocycles. The van der Waals surface area contributed by atoms with E-state index in [1.807, 2.05) is 25.2 Å². The second kappa shape index (κ2) is 3.75. The Morgan fingerprint density at radius 1 is 1.35 bits per heavy atom. The minimum Gasteiger partial charge on any atom is -0.396 e. The van der Waals surface area contributed by atoms with Crippen molar-refractivity contribution < 1.29 is 0 Å². The lowest BCUT2D eigenvalue weighted by atomic mass is 10.2. The Morgan fingerprint density at radius 2 is 2.18 bits per heavy atom. The van der Waals surface area contributed by atoms with Gasteiger partial charge in [-0.3, -0.25) is 4.68 Å². The molecule has 5 heteroatoms. The molecule has 0 saturated carbocycles. The van der Waals surface area contributed by atoms with Crippen molar-refractivity contribution in [1.29, 1.82) is 0 Å². The standard InChI is InChI=1S/C12H10ClN3S/c1-16-12(9(14)6-15-16)11-4-7-2-3-8(13)5-10(7)17-11/h2-6H,14H2,1H3. The maximum Gasteiger partial charge on any atom is 0.101 e. The van der Waals surface area contributed by atoms with Crippen LogP contribution < -0.4 is 5.73 Å². The predicted molar refractivity (Wildman–Crippen MR) is 73.4 cm³/mol. The van der Waals surface area contributed by atoms with Gasteiger partial charge >= 0.3 is 0 Å². The Morgan fingerprint density at radius 3 is 2.88 bits per heavy atom. The average Bonchev–Trinajstić information content (AvgIpc) is 2.81. The number of anilines is 1. The average molecular weight is 264 g/mol. The zero-order valence-electron chi connectivity index (χ0n) is 9.14. The number of fused-ring (bicyclic) bond motifs is 1. The van der Waals surface area contributed by atoms with Crippen LogP contribution in [0.5, 0.6) is 0 Å². The number of nitrogens with zero attached hydrogens (tertiary/aromatic N) is 2. The molecule has 17 heavy (non-hydrogen) atoms. The first kappa shape index (κ1) is 10.6. The van der Waals surface area contributed by atoms with Gasteiger partial charge in [0, 0.05) is 16.8 Å². The Balaban J connectivity index is 2.25. The van der Waals surface area contributed by atoms with Crippen LogP contribution in [0.15, 0.2) is 30.5 Å². The van der Waals surface area contributed by atoms with Crippen molar-refractivity contribution in [3.05, 3.63) is 35.5 Å². The van der Waals surface area contributed by atoms with Gasteiger partial charge in [-0.15, -0.1) is 11.3 Å². The summed E-state index contributed by atoms with van der Waals surface area (Å²) in [4.78, 5) is 1.11. The summed E-state index contributed by atoms with van der Waals surface area (Å²) in [6.07, 6.45) is 1.67. The normalized spacial score (nSPS) is 11.2. The topological polar surface area (TPSA) is 43.8 Å². The van der Waals surface area contributed by atoms with E-state index >= 15 is 0 Å². The maximum atomic E-state index is 5.98. The molecule has 0 aliphatic carbocycles. The van der Waals surface area contributed by atoms with Crippen LogP contribution in [0.25, 0.3) is 20.7 Å². The van der Waals surface area contributed by atoms with Crippen LogP contribution in [0.1, 0.15) is 0 Å². The summed E-state index contributed by atoms with van der Waals surface area (Å²) in [5.41, 5.74) is 7.58. The largest absolute Gasteiger partial charge is 0.396 e. The van der Waals surface area contributed by atoms with Crippen molar-refractivity contribution in [3.63, 3.8) is 0 Å². The molecular formula is C12H10ClN3S. The fourth-order valence-corrected chi connectivity index (χ4v) is 3.31. The van der Waals surface area contributed by atoms with E-state index in [2.05, 4.69) is 11.2 Å². The van der Waals surface area contributed by atoms with Crippen LogP contribution in [0, 0.1) is 0 Å². The quantitative estimate of drug-likeness (QED) is 0.730. The smallest absolute Gasteiger partial charge is 0.101 e. The fraction of sp³-hybridized carbons (Fsp3) is 0.0833. The summed E-state index contributed by atoms with van der Waals surface area (Å²) in [7, 11) is 1.89. The molecule has 0 atom stereocenters. The van der Waals surface area contributed by atoms with Gasteiger partial charge in [-0.1, -0.05) is 17.7 Å². The number of nitrogen functional groups attached to an aromatic ring is 1. The number of benzene rings is 1. The molecule has 2 heterocycles. The molecule has 1 aromatic carbocycles. The molecule has 0 bridgehead atoms. The third-order valence-corrected chi connectivity index (χ3v) is 4.02. The molecule has 3 aromatic rings. The first-order valence-corrected chi connectivity index (χ1v) is 6.31. The van der Waals surface area contributed by atoms with Crippen LogP contribution in [0.4, 0.5) is 5.69 Å². The molecule has 3 rings (SSSR count). The second-order valence-corrected chi connectivity index (χ2v) is 5.39. The molecule has 2 aromatic heterocycles. The summed E-state index contributed by atoms with van der Waals surface area (Å²) in [6.45, 7) is 0. The zero-order chi connectivity index (χ0) is 12.0. The molecule has 0 aliphatic rings. The van der Waals surface area contributed by atoms with E-state index in [-0.39, 0.29) is 0 Å². The summed E-state index contributed by atoms with van der Waals surface area (Å²) < 4.78 is 2.95. The fourth-order valence-electron chi connectivity index (χ4n) is 1.88. The summed E-state index contributed by atoms with van der Waals surface area (Å²) in [6, 6.07) is 8.00. The van der Waals surface area contributed by atoms with Crippen LogP contribution in [-0.4, -0.2) is 9.78 Å². The molecule has 3 nitrogen and oxygen atoms in total. The highest BCUT2D eigenvalue weighted by Crippen LogP contribution is 2.36. The third kappa shape index (κ3) is 1.69. The van der Waals surface area contributed by atoms with Crippen LogP contribution in [-0.2, 0) is 7.05 Å². The molecule has 0 radical (unpaired) electrons. The number of nitrogens with two attached hydrogens (primary N) is 1. The number of aryl methyl sites for hydroxylation is 1. The summed E-state index contributed by atoms with van der Waals surface area (Å²) in [5, 5.41) is 6.08. The Kier molecular flexibility index (Phi) is 2.34. The van der Waals surface area contributed by atoms with Gasteiger partial charge in [-0.2, -0.15) is 5.10 Å². The molecule has 0 spiro atoms. The number of hydrogen-bond acceptors (Lipinski definition) is 3. The van der Waals surface area contributed by atoms with Crippen molar-refractivity contribution in [2.75, 3.05) is 5.73 Å². The van der Waals surface area contributed by atoms with E-state index in [1.54, 1.807) is 22.2 Å². The highest BCUT2D eigenvalue weighted by atomic mass is 35.5. The lowest BCUT2D eigenvalue weighted by Crippen LogP contribution is -1.93. The molecule has 0 unspecified atom stereocenters. The van der Waals surface area contributed by atoms with E-state index < -0.39 is 0 Å². The van der Waals surface area contributed by atoms with Gasteiger partial charge in [-0.05, 0) is 23.6 Å². The van der Waals surface area contributed by atoms with Gasteiger partial charge in [0.25, 0.3) is 0 Å². The van der Waals surface area contributed by atoms with E-state index in [0.29, 0.717) is 5.69 Å². The number of halogens is 1. The molecule has 0 fully saturated rings. The number of aromatic nitrogens is 2. The van der Waals surface area contributed by atoms with Crippen LogP contribution >= 0.6 is 22.9 Å². The van der Waals surface area contributed by atoms with Gasteiger partial charge in [0.2, 0.25) is 0 Å². The molecule has 86 valence electrons. The number of thiophene rings is 1. The van der Waals surface area contributed by atoms with Crippen molar-refractivity contribution in [2.45, 2.75) is 0 Å². The van der Waals surface area contributed by atoms with E-state index in [9.17, 15) is 0 Å².